The largest absolute Gasteiger partial charge is 0.508 e. The fourth-order valence-electron chi connectivity index (χ4n) is 6.25. The first kappa shape index (κ1) is 24.5. The Labute approximate surface area is 228 Å². The number of aromatic hydroxyl groups is 1. The van der Waals surface area contributed by atoms with E-state index < -0.39 is 11.6 Å². The third kappa shape index (κ3) is 3.71. The van der Waals surface area contributed by atoms with Gasteiger partial charge in [0.15, 0.2) is 17.5 Å². The molecule has 2 bridgehead atoms. The number of nitrogens with zero attached hydrogens (tertiary/aromatic N) is 4. The molecule has 7 nitrogen and oxygen atoms in total. The molecule has 0 radical (unpaired) electrons. The molecular formula is C31H25F2N5O2. The Kier molecular flexibility index (Phi) is 5.51. The molecular weight excluding hydrogens is 512 g/mol. The van der Waals surface area contributed by atoms with Crippen molar-refractivity contribution in [3.63, 3.8) is 0 Å². The highest BCUT2D eigenvalue weighted by atomic mass is 19.1. The van der Waals surface area contributed by atoms with E-state index in [-0.39, 0.29) is 22.6 Å². The molecule has 200 valence electrons. The quantitative estimate of drug-likeness (QED) is 0.289. The van der Waals surface area contributed by atoms with Crippen LogP contribution in [-0.2, 0) is 0 Å². The van der Waals surface area contributed by atoms with Gasteiger partial charge in [-0.2, -0.15) is 0 Å². The first-order valence-corrected chi connectivity index (χ1v) is 13.2. The summed E-state index contributed by atoms with van der Waals surface area (Å²) in [6.07, 6.45) is 11.0. The van der Waals surface area contributed by atoms with Crippen LogP contribution in [0, 0.1) is 37.8 Å². The van der Waals surface area contributed by atoms with Crippen molar-refractivity contribution in [2.45, 2.75) is 38.8 Å². The zero-order valence-electron chi connectivity index (χ0n) is 21.9. The number of anilines is 1. The maximum Gasteiger partial charge on any atom is 0.191 e. The van der Waals surface area contributed by atoms with Crippen molar-refractivity contribution >= 4 is 27.4 Å². The summed E-state index contributed by atoms with van der Waals surface area (Å²) in [4.78, 5) is 15.9. The summed E-state index contributed by atoms with van der Waals surface area (Å²) in [5.74, 6) is 2.59. The number of phenolic OH excluding ortho intramolecular Hbond substituents is 1. The molecule has 40 heavy (non-hydrogen) atoms. The molecule has 2 unspecified atom stereocenters. The zero-order valence-corrected chi connectivity index (χ0v) is 21.9. The van der Waals surface area contributed by atoms with Gasteiger partial charge in [-0.25, -0.2) is 18.7 Å². The van der Waals surface area contributed by atoms with Crippen LogP contribution in [0.15, 0.2) is 41.1 Å². The summed E-state index contributed by atoms with van der Waals surface area (Å²) >= 11 is 0. The van der Waals surface area contributed by atoms with E-state index in [9.17, 15) is 9.50 Å². The molecule has 5 aromatic rings. The number of terminal acetylenes is 1. The minimum atomic E-state index is -0.617. The Bertz CT molecular complexity index is 1880. The Morgan fingerprint density at radius 1 is 1.05 bits per heavy atom. The number of nitrogens with one attached hydrogen (secondary N) is 1. The molecule has 2 aliphatic heterocycles. The number of hydrogen-bond acceptors (Lipinski definition) is 7. The molecule has 0 amide bonds. The van der Waals surface area contributed by atoms with Crippen LogP contribution < -0.4 is 10.2 Å². The molecule has 0 saturated carbocycles. The zero-order chi connectivity index (χ0) is 27.7. The number of rotatable bonds is 3. The number of hydrogen-bond donors (Lipinski definition) is 2. The third-order valence-corrected chi connectivity index (χ3v) is 8.03. The normalized spacial score (nSPS) is 18.5. The topological polar surface area (TPSA) is 87.3 Å². The average molecular weight is 538 g/mol. The second-order valence-electron chi connectivity index (χ2n) is 10.6. The van der Waals surface area contributed by atoms with Gasteiger partial charge in [-0.15, -0.1) is 6.42 Å². The van der Waals surface area contributed by atoms with Gasteiger partial charge in [-0.3, -0.25) is 4.98 Å². The van der Waals surface area contributed by atoms with E-state index >= 15 is 4.39 Å². The van der Waals surface area contributed by atoms with Gasteiger partial charge in [-0.1, -0.05) is 12.0 Å². The SMILES string of the molecule is C#Cc1c(F)ccc2cc(O)cc(-c3ncc4c(N5CC6CCC(C5)N6)nc(-c5cnc(C)o5)c(C)c4c3F)c12. The van der Waals surface area contributed by atoms with Gasteiger partial charge in [0.2, 0.25) is 0 Å². The number of oxazole rings is 1. The van der Waals surface area contributed by atoms with Gasteiger partial charge in [-0.05, 0) is 48.9 Å². The van der Waals surface area contributed by atoms with Crippen LogP contribution in [-0.4, -0.2) is 45.2 Å². The summed E-state index contributed by atoms with van der Waals surface area (Å²) < 4.78 is 37.4. The van der Waals surface area contributed by atoms with E-state index in [0.29, 0.717) is 62.4 Å². The van der Waals surface area contributed by atoms with Crippen molar-refractivity contribution in [2.24, 2.45) is 0 Å². The monoisotopic (exact) mass is 537 g/mol. The summed E-state index contributed by atoms with van der Waals surface area (Å²) in [6, 6.07) is 6.24. The van der Waals surface area contributed by atoms with Gasteiger partial charge in [0, 0.05) is 60.0 Å². The Morgan fingerprint density at radius 3 is 2.52 bits per heavy atom. The highest BCUT2D eigenvalue weighted by Gasteiger charge is 2.34. The number of aryl methyl sites for hydroxylation is 2. The van der Waals surface area contributed by atoms with Crippen molar-refractivity contribution in [3.05, 3.63) is 65.3 Å². The van der Waals surface area contributed by atoms with Crippen LogP contribution in [0.1, 0.15) is 29.9 Å². The predicted molar refractivity (Wildman–Crippen MR) is 149 cm³/mol. The lowest BCUT2D eigenvalue weighted by Crippen LogP contribution is -2.51. The maximum absolute atomic E-state index is 16.8. The minimum absolute atomic E-state index is 0.0185. The molecule has 9 heteroatoms. The number of fused-ring (bicyclic) bond motifs is 4. The van der Waals surface area contributed by atoms with Crippen LogP contribution in [0.5, 0.6) is 5.75 Å². The van der Waals surface area contributed by atoms with Gasteiger partial charge in [0.1, 0.15) is 28.8 Å². The second-order valence-corrected chi connectivity index (χ2v) is 10.6. The Hall–Kier alpha value is -4.55. The van der Waals surface area contributed by atoms with E-state index in [0.717, 1.165) is 25.9 Å². The number of halogens is 2. The Morgan fingerprint density at radius 2 is 1.82 bits per heavy atom. The van der Waals surface area contributed by atoms with E-state index in [1.54, 1.807) is 26.2 Å². The molecule has 3 aromatic heterocycles. The fourth-order valence-corrected chi connectivity index (χ4v) is 6.25. The molecule has 0 spiro atoms. The lowest BCUT2D eigenvalue weighted by atomic mass is 9.94. The van der Waals surface area contributed by atoms with E-state index in [1.807, 2.05) is 0 Å². The molecule has 5 heterocycles. The number of benzene rings is 2. The molecule has 2 saturated heterocycles. The first-order valence-electron chi connectivity index (χ1n) is 13.2. The highest BCUT2D eigenvalue weighted by molar-refractivity contribution is 6.04. The molecule has 0 aliphatic carbocycles. The number of pyridine rings is 2. The van der Waals surface area contributed by atoms with Crippen LogP contribution in [0.2, 0.25) is 0 Å². The summed E-state index contributed by atoms with van der Waals surface area (Å²) in [5, 5.41) is 15.8. The predicted octanol–water partition coefficient (Wildman–Crippen LogP) is 5.63. The van der Waals surface area contributed by atoms with Gasteiger partial charge in [0.05, 0.1) is 11.8 Å². The Balaban J connectivity index is 1.53. The molecule has 2 aliphatic rings. The van der Waals surface area contributed by atoms with E-state index in [2.05, 4.69) is 26.1 Å². The number of piperazine rings is 1. The second kappa shape index (κ2) is 9.00. The lowest BCUT2D eigenvalue weighted by molar-refractivity contribution is 0.464. The summed E-state index contributed by atoms with van der Waals surface area (Å²) in [6.45, 7) is 5.00. The van der Waals surface area contributed by atoms with E-state index in [4.69, 9.17) is 15.8 Å². The fraction of sp³-hybridized carbons (Fsp3) is 0.258. The van der Waals surface area contributed by atoms with Crippen LogP contribution in [0.3, 0.4) is 0 Å². The van der Waals surface area contributed by atoms with Crippen molar-refractivity contribution in [1.29, 1.82) is 0 Å². The lowest BCUT2D eigenvalue weighted by Gasteiger charge is -2.34. The molecule has 2 aromatic carbocycles. The third-order valence-electron chi connectivity index (χ3n) is 8.03. The standard InChI is InChI=1S/C31H25F2N5O2/c1-4-21-24(32)8-5-17-9-20(39)10-22(27(17)21)30-28(33)26-15(2)29(25-12-34-16(3)40-25)37-31(23(26)11-35-30)38-13-18-6-7-19(14-38)36-18/h1,5,8-12,18-19,36,39H,6-7,13-14H2,2-3H3. The minimum Gasteiger partial charge on any atom is -0.508 e. The number of aromatic nitrogens is 3. The van der Waals surface area contributed by atoms with Crippen molar-refractivity contribution < 1.29 is 18.3 Å². The van der Waals surface area contributed by atoms with Gasteiger partial charge < -0.3 is 19.7 Å². The molecule has 2 atom stereocenters. The van der Waals surface area contributed by atoms with Crippen molar-refractivity contribution in [2.75, 3.05) is 18.0 Å². The average Bonchev–Trinajstić information content (AvgIpc) is 3.52. The first-order chi connectivity index (χ1) is 19.3. The van der Waals surface area contributed by atoms with E-state index in [1.165, 1.54) is 24.3 Å². The van der Waals surface area contributed by atoms with Crippen molar-refractivity contribution in [1.82, 2.24) is 20.3 Å². The smallest absolute Gasteiger partial charge is 0.191 e. The maximum atomic E-state index is 16.8. The highest BCUT2D eigenvalue weighted by Crippen LogP contribution is 2.42. The van der Waals surface area contributed by atoms with Crippen molar-refractivity contribution in [3.8, 4) is 40.8 Å². The summed E-state index contributed by atoms with van der Waals surface area (Å²) in [5.41, 5.74) is 1.19. The molecule has 2 N–H and O–H groups in total. The van der Waals surface area contributed by atoms with Crippen LogP contribution >= 0.6 is 0 Å². The van der Waals surface area contributed by atoms with Gasteiger partial charge >= 0.3 is 0 Å². The molecule has 7 rings (SSSR count). The molecule has 2 fully saturated rings. The number of phenols is 1. The summed E-state index contributed by atoms with van der Waals surface area (Å²) in [7, 11) is 0. The van der Waals surface area contributed by atoms with Crippen LogP contribution in [0.4, 0.5) is 14.6 Å². The van der Waals surface area contributed by atoms with Crippen LogP contribution in [0.25, 0.3) is 44.3 Å². The van der Waals surface area contributed by atoms with Gasteiger partial charge in [0.25, 0.3) is 0 Å².